The third-order valence-electron chi connectivity index (χ3n) is 4.43. The van der Waals surface area contributed by atoms with Gasteiger partial charge in [-0.15, -0.1) is 0 Å². The Labute approximate surface area is 138 Å². The fourth-order valence-corrected chi connectivity index (χ4v) is 2.92. The van der Waals surface area contributed by atoms with Gasteiger partial charge in [0.1, 0.15) is 5.75 Å². The lowest BCUT2D eigenvalue weighted by atomic mass is 9.93. The van der Waals surface area contributed by atoms with Crippen molar-refractivity contribution in [2.45, 2.75) is 63.6 Å². The Morgan fingerprint density at radius 3 is 2.52 bits per heavy atom. The van der Waals surface area contributed by atoms with E-state index in [0.717, 1.165) is 44.3 Å². The highest BCUT2D eigenvalue weighted by molar-refractivity contribution is 5.74. The van der Waals surface area contributed by atoms with E-state index in [1.54, 1.807) is 7.11 Å². The molecule has 1 aliphatic carbocycles. The largest absolute Gasteiger partial charge is 0.497 e. The van der Waals surface area contributed by atoms with Crippen molar-refractivity contribution < 1.29 is 14.6 Å². The van der Waals surface area contributed by atoms with Crippen LogP contribution in [0.5, 0.6) is 5.75 Å². The second-order valence-electron chi connectivity index (χ2n) is 6.41. The summed E-state index contributed by atoms with van der Waals surface area (Å²) in [4.78, 5) is 12.0. The van der Waals surface area contributed by atoms with Gasteiger partial charge in [-0.05, 0) is 63.1 Å². The maximum atomic E-state index is 12.0. The lowest BCUT2D eigenvalue weighted by Crippen LogP contribution is -2.46. The Kier molecular flexibility index (Phi) is 6.71. The van der Waals surface area contributed by atoms with Crippen molar-refractivity contribution in [3.05, 3.63) is 29.8 Å². The number of hydrogen-bond donors (Lipinski definition) is 3. The first-order valence-electron chi connectivity index (χ1n) is 8.45. The normalized spacial score (nSPS) is 22.2. The molecule has 5 nitrogen and oxygen atoms in total. The number of aliphatic hydroxyl groups excluding tert-OH is 1. The molecule has 1 saturated carbocycles. The number of aryl methyl sites for hydroxylation is 1. The van der Waals surface area contributed by atoms with Crippen molar-refractivity contribution in [3.63, 3.8) is 0 Å². The van der Waals surface area contributed by atoms with Gasteiger partial charge in [-0.2, -0.15) is 0 Å². The van der Waals surface area contributed by atoms with Gasteiger partial charge in [0.05, 0.1) is 13.2 Å². The first kappa shape index (κ1) is 17.6. The highest BCUT2D eigenvalue weighted by Gasteiger charge is 2.21. The smallest absolute Gasteiger partial charge is 0.315 e. The zero-order valence-corrected chi connectivity index (χ0v) is 14.0. The predicted octanol–water partition coefficient (Wildman–Crippen LogP) is 2.62. The van der Waals surface area contributed by atoms with Gasteiger partial charge in [0.15, 0.2) is 0 Å². The Morgan fingerprint density at radius 2 is 1.91 bits per heavy atom. The second kappa shape index (κ2) is 8.77. The molecule has 1 unspecified atom stereocenters. The number of nitrogens with one attached hydrogen (secondary N) is 2. The van der Waals surface area contributed by atoms with Crippen molar-refractivity contribution in [2.24, 2.45) is 0 Å². The van der Waals surface area contributed by atoms with Crippen molar-refractivity contribution in [1.29, 1.82) is 0 Å². The summed E-state index contributed by atoms with van der Waals surface area (Å²) in [5.74, 6) is 0.858. The summed E-state index contributed by atoms with van der Waals surface area (Å²) >= 11 is 0. The van der Waals surface area contributed by atoms with Crippen LogP contribution in [0.25, 0.3) is 0 Å². The summed E-state index contributed by atoms with van der Waals surface area (Å²) < 4.78 is 5.15. The summed E-state index contributed by atoms with van der Waals surface area (Å²) in [6.07, 6.45) is 4.88. The van der Waals surface area contributed by atoms with Crippen LogP contribution in [0.1, 0.15) is 44.6 Å². The lowest BCUT2D eigenvalue weighted by molar-refractivity contribution is 0.117. The number of rotatable bonds is 6. The van der Waals surface area contributed by atoms with Crippen LogP contribution >= 0.6 is 0 Å². The first-order chi connectivity index (χ1) is 11.1. The molecule has 3 N–H and O–H groups in total. The van der Waals surface area contributed by atoms with E-state index in [1.165, 1.54) is 5.56 Å². The van der Waals surface area contributed by atoms with Crippen molar-refractivity contribution in [3.8, 4) is 5.75 Å². The topological polar surface area (TPSA) is 70.6 Å². The van der Waals surface area contributed by atoms with E-state index in [1.807, 2.05) is 19.1 Å². The molecule has 0 aromatic heterocycles. The maximum Gasteiger partial charge on any atom is 0.315 e. The molecule has 2 amide bonds. The standard InChI is InChI=1S/C18H28N2O3/c1-13(3-4-14-5-11-17(23-2)12-6-14)19-18(22)20-15-7-9-16(21)10-8-15/h5-6,11-13,15-16,21H,3-4,7-10H2,1-2H3,(H2,19,20,22). The number of methoxy groups -OCH3 is 1. The van der Waals surface area contributed by atoms with E-state index < -0.39 is 0 Å². The molecule has 23 heavy (non-hydrogen) atoms. The Morgan fingerprint density at radius 1 is 1.26 bits per heavy atom. The molecule has 1 aromatic rings. The maximum absolute atomic E-state index is 12.0. The minimum Gasteiger partial charge on any atom is -0.497 e. The van der Waals surface area contributed by atoms with Gasteiger partial charge in [0.2, 0.25) is 0 Å². The van der Waals surface area contributed by atoms with Gasteiger partial charge >= 0.3 is 6.03 Å². The molecular weight excluding hydrogens is 292 g/mol. The summed E-state index contributed by atoms with van der Waals surface area (Å²) in [6.45, 7) is 2.02. The zero-order valence-electron chi connectivity index (χ0n) is 14.0. The molecule has 1 atom stereocenters. The molecule has 0 saturated heterocycles. The van der Waals surface area contributed by atoms with Gasteiger partial charge in [-0.1, -0.05) is 12.1 Å². The third-order valence-corrected chi connectivity index (χ3v) is 4.43. The SMILES string of the molecule is COc1ccc(CCC(C)NC(=O)NC2CCC(O)CC2)cc1. The molecular formula is C18H28N2O3. The summed E-state index contributed by atoms with van der Waals surface area (Å²) in [7, 11) is 1.66. The monoisotopic (exact) mass is 320 g/mol. The van der Waals surface area contributed by atoms with Crippen LogP contribution in [-0.4, -0.2) is 36.4 Å². The van der Waals surface area contributed by atoms with Gasteiger partial charge in [0.25, 0.3) is 0 Å². The Bertz CT molecular complexity index is 482. The number of aliphatic hydroxyl groups is 1. The van der Waals surface area contributed by atoms with Crippen molar-refractivity contribution in [1.82, 2.24) is 10.6 Å². The van der Waals surface area contributed by atoms with Gasteiger partial charge in [-0.3, -0.25) is 0 Å². The molecule has 5 heteroatoms. The van der Waals surface area contributed by atoms with Crippen molar-refractivity contribution in [2.75, 3.05) is 7.11 Å². The molecule has 128 valence electrons. The molecule has 1 aliphatic rings. The Balaban J connectivity index is 1.67. The first-order valence-corrected chi connectivity index (χ1v) is 8.45. The minimum atomic E-state index is -0.195. The number of carbonyl (C=O) groups excluding carboxylic acids is 1. The predicted molar refractivity (Wildman–Crippen MR) is 90.7 cm³/mol. The second-order valence-corrected chi connectivity index (χ2v) is 6.41. The van der Waals surface area contributed by atoms with Gasteiger partial charge < -0.3 is 20.5 Å². The van der Waals surface area contributed by atoms with Crippen LogP contribution in [-0.2, 0) is 6.42 Å². The molecule has 1 aromatic carbocycles. The van der Waals surface area contributed by atoms with Gasteiger partial charge in [-0.25, -0.2) is 4.79 Å². The van der Waals surface area contributed by atoms with E-state index in [-0.39, 0.29) is 24.2 Å². The lowest BCUT2D eigenvalue weighted by Gasteiger charge is -2.27. The van der Waals surface area contributed by atoms with Crippen LogP contribution in [0.2, 0.25) is 0 Å². The highest BCUT2D eigenvalue weighted by Crippen LogP contribution is 2.18. The zero-order chi connectivity index (χ0) is 16.7. The molecule has 0 heterocycles. The number of urea groups is 1. The highest BCUT2D eigenvalue weighted by atomic mass is 16.5. The number of carbonyl (C=O) groups is 1. The number of benzene rings is 1. The summed E-state index contributed by atoms with van der Waals surface area (Å²) in [5, 5.41) is 15.5. The average Bonchev–Trinajstić information content (AvgIpc) is 2.55. The fourth-order valence-electron chi connectivity index (χ4n) is 2.92. The number of ether oxygens (including phenoxy) is 1. The van der Waals surface area contributed by atoms with E-state index in [2.05, 4.69) is 22.8 Å². The van der Waals surface area contributed by atoms with Crippen LogP contribution in [0.4, 0.5) is 4.79 Å². The van der Waals surface area contributed by atoms with E-state index in [9.17, 15) is 9.90 Å². The number of hydrogen-bond acceptors (Lipinski definition) is 3. The van der Waals surface area contributed by atoms with Crippen LogP contribution in [0, 0.1) is 0 Å². The number of amides is 2. The molecule has 0 aliphatic heterocycles. The summed E-state index contributed by atoms with van der Waals surface area (Å²) in [5.41, 5.74) is 1.24. The van der Waals surface area contributed by atoms with Crippen LogP contribution in [0.3, 0.4) is 0 Å². The molecule has 2 rings (SSSR count). The van der Waals surface area contributed by atoms with Crippen LogP contribution in [0.15, 0.2) is 24.3 Å². The Hall–Kier alpha value is -1.75. The molecule has 0 radical (unpaired) electrons. The van der Waals surface area contributed by atoms with Crippen LogP contribution < -0.4 is 15.4 Å². The van der Waals surface area contributed by atoms with E-state index >= 15 is 0 Å². The van der Waals surface area contributed by atoms with Gasteiger partial charge in [0, 0.05) is 12.1 Å². The quantitative estimate of drug-likeness (QED) is 0.754. The molecule has 1 fully saturated rings. The van der Waals surface area contributed by atoms with E-state index in [0.29, 0.717) is 0 Å². The third kappa shape index (κ3) is 6.10. The minimum absolute atomic E-state index is 0.103. The van der Waals surface area contributed by atoms with E-state index in [4.69, 9.17) is 4.74 Å². The molecule has 0 spiro atoms. The fraction of sp³-hybridized carbons (Fsp3) is 0.611. The van der Waals surface area contributed by atoms with Crippen molar-refractivity contribution >= 4 is 6.03 Å². The summed E-state index contributed by atoms with van der Waals surface area (Å²) in [6, 6.07) is 8.22. The average molecular weight is 320 g/mol. The molecule has 0 bridgehead atoms.